The lowest BCUT2D eigenvalue weighted by molar-refractivity contribution is 0.194. The van der Waals surface area contributed by atoms with Crippen molar-refractivity contribution >= 4 is 6.09 Å². The van der Waals surface area contributed by atoms with Crippen LogP contribution in [0.3, 0.4) is 0 Å². The molecule has 0 radical (unpaired) electrons. The van der Waals surface area contributed by atoms with Gasteiger partial charge >= 0.3 is 6.09 Å². The van der Waals surface area contributed by atoms with Gasteiger partial charge in [-0.1, -0.05) is 51.4 Å². The van der Waals surface area contributed by atoms with Crippen LogP contribution in [0.25, 0.3) is 0 Å². The molecule has 0 aromatic heterocycles. The molecule has 0 fully saturated rings. The van der Waals surface area contributed by atoms with E-state index in [9.17, 15) is 4.79 Å². The molecule has 0 aliphatic heterocycles. The van der Waals surface area contributed by atoms with Crippen molar-refractivity contribution in [2.24, 2.45) is 0 Å². The fourth-order valence-corrected chi connectivity index (χ4v) is 1.85. The zero-order chi connectivity index (χ0) is 12.8. The van der Waals surface area contributed by atoms with Crippen molar-refractivity contribution in [1.82, 2.24) is 5.32 Å². The van der Waals surface area contributed by atoms with Gasteiger partial charge in [-0.25, -0.2) is 4.79 Å². The lowest BCUT2D eigenvalue weighted by Crippen LogP contribution is -2.21. The van der Waals surface area contributed by atoms with Crippen LogP contribution in [0.15, 0.2) is 0 Å². The Morgan fingerprint density at radius 1 is 0.765 bits per heavy atom. The molecule has 0 unspecified atom stereocenters. The third-order valence-corrected chi connectivity index (χ3v) is 2.86. The van der Waals surface area contributed by atoms with E-state index < -0.39 is 6.09 Å². The van der Waals surface area contributed by atoms with E-state index in [-0.39, 0.29) is 0 Å². The first-order valence-corrected chi connectivity index (χ1v) is 6.85. The van der Waals surface area contributed by atoms with Gasteiger partial charge in [0.2, 0.25) is 0 Å². The summed E-state index contributed by atoms with van der Waals surface area (Å²) in [7, 11) is 0. The Kier molecular flexibility index (Phi) is 12.7. The van der Waals surface area contributed by atoms with E-state index in [2.05, 4.69) is 5.32 Å². The van der Waals surface area contributed by atoms with Gasteiger partial charge in [0, 0.05) is 13.2 Å². The van der Waals surface area contributed by atoms with Crippen molar-refractivity contribution in [3.63, 3.8) is 0 Å². The van der Waals surface area contributed by atoms with Crippen LogP contribution in [0.5, 0.6) is 0 Å². The average Bonchev–Trinajstić information content (AvgIpc) is 2.30. The largest absolute Gasteiger partial charge is 0.465 e. The first-order chi connectivity index (χ1) is 8.27. The number of aliphatic hydroxyl groups is 1. The maximum absolute atomic E-state index is 10.2. The Hall–Kier alpha value is -0.770. The van der Waals surface area contributed by atoms with E-state index in [1.807, 2.05) is 0 Å². The highest BCUT2D eigenvalue weighted by Crippen LogP contribution is 2.10. The van der Waals surface area contributed by atoms with Crippen LogP contribution < -0.4 is 5.32 Å². The summed E-state index contributed by atoms with van der Waals surface area (Å²) in [6.07, 6.45) is 10.8. The normalized spacial score (nSPS) is 10.4. The summed E-state index contributed by atoms with van der Waals surface area (Å²) in [5.74, 6) is 0. The molecule has 17 heavy (non-hydrogen) atoms. The van der Waals surface area contributed by atoms with Gasteiger partial charge in [0.15, 0.2) is 0 Å². The van der Waals surface area contributed by atoms with Crippen molar-refractivity contribution in [2.45, 2.75) is 64.2 Å². The molecule has 0 spiro atoms. The molecule has 0 saturated heterocycles. The Balaban J connectivity index is 2.91. The van der Waals surface area contributed by atoms with Crippen molar-refractivity contribution in [3.8, 4) is 0 Å². The van der Waals surface area contributed by atoms with Crippen molar-refractivity contribution in [2.75, 3.05) is 13.2 Å². The molecule has 0 aliphatic rings. The summed E-state index contributed by atoms with van der Waals surface area (Å²) in [6.45, 7) is 0.904. The highest BCUT2D eigenvalue weighted by atomic mass is 16.4. The smallest absolute Gasteiger partial charge is 0.404 e. The Bertz CT molecular complexity index is 174. The molecule has 0 bridgehead atoms. The minimum Gasteiger partial charge on any atom is -0.465 e. The number of unbranched alkanes of at least 4 members (excludes halogenated alkanes) is 9. The van der Waals surface area contributed by atoms with E-state index >= 15 is 0 Å². The second kappa shape index (κ2) is 13.3. The van der Waals surface area contributed by atoms with E-state index in [4.69, 9.17) is 10.2 Å². The van der Waals surface area contributed by atoms with Crippen LogP contribution in [0, 0.1) is 0 Å². The van der Waals surface area contributed by atoms with Crippen LogP contribution in [0.1, 0.15) is 64.2 Å². The predicted octanol–water partition coefficient (Wildman–Crippen LogP) is 3.15. The molecular formula is C13H27NO3. The standard InChI is InChI=1S/C13H27NO3/c15-12-10-8-6-4-2-1-3-5-7-9-11-14-13(16)17/h14-15H,1-12H2,(H,16,17). The number of hydrogen-bond donors (Lipinski definition) is 3. The monoisotopic (exact) mass is 245 g/mol. The highest BCUT2D eigenvalue weighted by Gasteiger charge is 1.94. The van der Waals surface area contributed by atoms with Gasteiger partial charge in [0.1, 0.15) is 0 Å². The lowest BCUT2D eigenvalue weighted by Gasteiger charge is -2.02. The topological polar surface area (TPSA) is 69.6 Å². The van der Waals surface area contributed by atoms with Crippen LogP contribution in [0.2, 0.25) is 0 Å². The number of amides is 1. The number of hydrogen-bond acceptors (Lipinski definition) is 2. The lowest BCUT2D eigenvalue weighted by atomic mass is 10.1. The number of carboxylic acid groups (broad SMARTS) is 1. The number of nitrogens with one attached hydrogen (secondary N) is 1. The summed E-state index contributed by atoms with van der Waals surface area (Å²) < 4.78 is 0. The molecule has 4 heteroatoms. The van der Waals surface area contributed by atoms with Crippen LogP contribution in [-0.2, 0) is 0 Å². The predicted molar refractivity (Wildman–Crippen MR) is 69.3 cm³/mol. The summed E-state index contributed by atoms with van der Waals surface area (Å²) in [6, 6.07) is 0. The minimum absolute atomic E-state index is 0.324. The molecule has 0 saturated carbocycles. The summed E-state index contributed by atoms with van der Waals surface area (Å²) in [5, 5.41) is 19.3. The highest BCUT2D eigenvalue weighted by molar-refractivity contribution is 5.64. The van der Waals surface area contributed by atoms with Gasteiger partial charge in [-0.05, 0) is 12.8 Å². The molecular weight excluding hydrogens is 218 g/mol. The Morgan fingerprint density at radius 2 is 1.18 bits per heavy atom. The molecule has 0 heterocycles. The second-order valence-corrected chi connectivity index (χ2v) is 4.49. The Labute approximate surface area is 104 Å². The van der Waals surface area contributed by atoms with Gasteiger partial charge in [-0.2, -0.15) is 0 Å². The van der Waals surface area contributed by atoms with Crippen molar-refractivity contribution < 1.29 is 15.0 Å². The van der Waals surface area contributed by atoms with Crippen molar-refractivity contribution in [3.05, 3.63) is 0 Å². The van der Waals surface area contributed by atoms with Gasteiger partial charge in [0.25, 0.3) is 0 Å². The van der Waals surface area contributed by atoms with E-state index in [1.165, 1.54) is 38.5 Å². The quantitative estimate of drug-likeness (QED) is 0.463. The average molecular weight is 245 g/mol. The van der Waals surface area contributed by atoms with Gasteiger partial charge in [0.05, 0.1) is 0 Å². The molecule has 0 aromatic rings. The maximum atomic E-state index is 10.2. The third-order valence-electron chi connectivity index (χ3n) is 2.86. The summed E-state index contributed by atoms with van der Waals surface area (Å²) in [4.78, 5) is 10.2. The van der Waals surface area contributed by atoms with Crippen LogP contribution in [-0.4, -0.2) is 29.5 Å². The van der Waals surface area contributed by atoms with Gasteiger partial charge in [-0.15, -0.1) is 0 Å². The van der Waals surface area contributed by atoms with Crippen LogP contribution >= 0.6 is 0 Å². The Morgan fingerprint density at radius 3 is 1.59 bits per heavy atom. The van der Waals surface area contributed by atoms with Gasteiger partial charge in [-0.3, -0.25) is 0 Å². The zero-order valence-electron chi connectivity index (χ0n) is 10.8. The molecule has 0 atom stereocenters. The molecule has 4 nitrogen and oxygen atoms in total. The molecule has 0 rings (SSSR count). The zero-order valence-corrected chi connectivity index (χ0v) is 10.8. The SMILES string of the molecule is O=C(O)NCCCCCCCCCCCCO. The fourth-order valence-electron chi connectivity index (χ4n) is 1.85. The summed E-state index contributed by atoms with van der Waals surface area (Å²) >= 11 is 0. The first-order valence-electron chi connectivity index (χ1n) is 6.85. The fraction of sp³-hybridized carbons (Fsp3) is 0.923. The van der Waals surface area contributed by atoms with E-state index in [0.29, 0.717) is 13.2 Å². The van der Waals surface area contributed by atoms with Crippen molar-refractivity contribution in [1.29, 1.82) is 0 Å². The molecule has 3 N–H and O–H groups in total. The molecule has 0 aromatic carbocycles. The number of carbonyl (C=O) groups is 1. The maximum Gasteiger partial charge on any atom is 0.404 e. The van der Waals surface area contributed by atoms with Crippen LogP contribution in [0.4, 0.5) is 4.79 Å². The third kappa shape index (κ3) is 15.2. The van der Waals surface area contributed by atoms with Gasteiger partial charge < -0.3 is 15.5 Å². The van der Waals surface area contributed by atoms with E-state index in [1.54, 1.807) is 0 Å². The molecule has 102 valence electrons. The minimum atomic E-state index is -0.923. The van der Waals surface area contributed by atoms with E-state index in [0.717, 1.165) is 25.7 Å². The molecule has 0 aliphatic carbocycles. The second-order valence-electron chi connectivity index (χ2n) is 4.49. The molecule has 1 amide bonds. The number of aliphatic hydroxyl groups excluding tert-OH is 1. The summed E-state index contributed by atoms with van der Waals surface area (Å²) in [5.41, 5.74) is 0. The number of rotatable bonds is 12. The first kappa shape index (κ1) is 16.2.